The first kappa shape index (κ1) is 16.0. The number of carbonyl (C=O) groups is 1. The van der Waals surface area contributed by atoms with E-state index in [0.717, 1.165) is 5.56 Å². The topological polar surface area (TPSA) is 63.6 Å². The smallest absolute Gasteiger partial charge is 0.220 e. The van der Waals surface area contributed by atoms with Crippen molar-refractivity contribution in [3.05, 3.63) is 74.4 Å². The maximum atomic E-state index is 12.2. The van der Waals surface area contributed by atoms with Crippen LogP contribution in [0.4, 0.5) is 0 Å². The van der Waals surface area contributed by atoms with E-state index in [0.29, 0.717) is 10.2 Å². The van der Waals surface area contributed by atoms with Crippen molar-refractivity contribution in [2.45, 2.75) is 0 Å². The molecule has 0 radical (unpaired) electrons. The molecule has 2 aromatic rings. The Balaban J connectivity index is 2.40. The van der Waals surface area contributed by atoms with Crippen molar-refractivity contribution in [1.82, 2.24) is 0 Å². The molecule has 0 atom stereocenters. The highest BCUT2D eigenvalue weighted by atomic mass is 79.9. The Hall–Kier alpha value is -2.40. The minimum atomic E-state index is -0.611. The van der Waals surface area contributed by atoms with Crippen LogP contribution in [0.25, 0.3) is 6.08 Å². The molecule has 0 unspecified atom stereocenters. The minimum Gasteiger partial charge on any atom is -0.504 e. The van der Waals surface area contributed by atoms with Crippen LogP contribution >= 0.6 is 15.9 Å². The van der Waals surface area contributed by atoms with Crippen molar-refractivity contribution in [3.63, 3.8) is 0 Å². The molecule has 0 saturated carbocycles. The van der Waals surface area contributed by atoms with Crippen LogP contribution in [0.15, 0.2) is 57.8 Å². The number of rotatable bonds is 4. The van der Waals surface area contributed by atoms with E-state index in [1.807, 2.05) is 12.1 Å². The second-order valence-corrected chi connectivity index (χ2v) is 5.34. The zero-order valence-electron chi connectivity index (χ0n) is 11.7. The van der Waals surface area contributed by atoms with Gasteiger partial charge >= 0.3 is 0 Å². The highest BCUT2D eigenvalue weighted by molar-refractivity contribution is 9.10. The number of aromatic hydroxyl groups is 1. The summed E-state index contributed by atoms with van der Waals surface area (Å²) in [4.78, 5) is 23.8. The summed E-state index contributed by atoms with van der Waals surface area (Å²) in [7, 11) is 1.54. The molecule has 0 aromatic heterocycles. The van der Waals surface area contributed by atoms with Gasteiger partial charge in [-0.15, -0.1) is 0 Å². The molecule has 2 rings (SSSR count). The van der Waals surface area contributed by atoms with Crippen molar-refractivity contribution in [2.75, 3.05) is 7.11 Å². The van der Waals surface area contributed by atoms with Crippen molar-refractivity contribution in [3.8, 4) is 11.5 Å². The van der Waals surface area contributed by atoms with Crippen LogP contribution in [0.3, 0.4) is 0 Å². The molecule has 0 aliphatic carbocycles. The molecule has 4 nitrogen and oxygen atoms in total. The summed E-state index contributed by atoms with van der Waals surface area (Å²) in [6, 6.07) is 11.3. The highest BCUT2D eigenvalue weighted by Crippen LogP contribution is 2.21. The zero-order chi connectivity index (χ0) is 16.1. The van der Waals surface area contributed by atoms with Gasteiger partial charge in [-0.2, -0.15) is 0 Å². The highest BCUT2D eigenvalue weighted by Gasteiger charge is 2.11. The Morgan fingerprint density at radius 2 is 1.95 bits per heavy atom. The maximum absolute atomic E-state index is 12.2. The number of ketones is 1. The quantitative estimate of drug-likeness (QED) is 0.670. The van der Waals surface area contributed by atoms with E-state index in [4.69, 9.17) is 4.74 Å². The summed E-state index contributed by atoms with van der Waals surface area (Å²) in [6.45, 7) is 0. The van der Waals surface area contributed by atoms with E-state index in [1.54, 1.807) is 25.3 Å². The molecular formula is C17H13BrO4. The molecule has 0 aliphatic rings. The van der Waals surface area contributed by atoms with Crippen molar-refractivity contribution < 1.29 is 14.6 Å². The number of hydrogen-bond acceptors (Lipinski definition) is 4. The van der Waals surface area contributed by atoms with E-state index in [-0.39, 0.29) is 5.56 Å². The largest absolute Gasteiger partial charge is 0.504 e. The number of allylic oxidation sites excluding steroid dienone is 1. The summed E-state index contributed by atoms with van der Waals surface area (Å²) >= 11 is 3.20. The monoisotopic (exact) mass is 360 g/mol. The molecule has 0 amide bonds. The second-order valence-electron chi connectivity index (χ2n) is 4.43. The minimum absolute atomic E-state index is 0.0620. The van der Waals surface area contributed by atoms with Crippen molar-refractivity contribution >= 4 is 27.8 Å². The fourth-order valence-corrected chi connectivity index (χ4v) is 2.23. The molecule has 112 valence electrons. The molecule has 22 heavy (non-hydrogen) atoms. The van der Waals surface area contributed by atoms with E-state index < -0.39 is 17.0 Å². The summed E-state index contributed by atoms with van der Waals surface area (Å²) in [6.07, 6.45) is 2.87. The Kier molecular flexibility index (Phi) is 5.12. The van der Waals surface area contributed by atoms with Gasteiger partial charge in [-0.05, 0) is 36.4 Å². The first-order valence-corrected chi connectivity index (χ1v) is 7.20. The van der Waals surface area contributed by atoms with Gasteiger partial charge in [0.15, 0.2) is 11.5 Å². The molecule has 0 bridgehead atoms. The Labute approximate surface area is 135 Å². The summed E-state index contributed by atoms with van der Waals surface area (Å²) in [5, 5.41) is 9.84. The Bertz CT molecular complexity index is 797. The number of para-hydroxylation sites is 1. The van der Waals surface area contributed by atoms with E-state index in [2.05, 4.69) is 15.9 Å². The summed E-state index contributed by atoms with van der Waals surface area (Å²) < 4.78 is 5.72. The molecule has 5 heteroatoms. The van der Waals surface area contributed by atoms with Crippen LogP contribution in [0.2, 0.25) is 0 Å². The third-order valence-electron chi connectivity index (χ3n) is 2.98. The molecule has 0 saturated heterocycles. The molecule has 0 spiro atoms. The Morgan fingerprint density at radius 3 is 2.68 bits per heavy atom. The third kappa shape index (κ3) is 3.62. The number of halogens is 1. The van der Waals surface area contributed by atoms with Gasteiger partial charge in [0.25, 0.3) is 0 Å². The number of hydrogen-bond donors (Lipinski definition) is 1. The number of methoxy groups -OCH3 is 1. The average Bonchev–Trinajstić information content (AvgIpc) is 2.66. The van der Waals surface area contributed by atoms with Gasteiger partial charge in [0.2, 0.25) is 5.43 Å². The third-order valence-corrected chi connectivity index (χ3v) is 3.48. The normalized spacial score (nSPS) is 10.6. The number of benzene rings is 1. The van der Waals surface area contributed by atoms with Crippen LogP contribution < -0.4 is 10.2 Å². The van der Waals surface area contributed by atoms with Crippen LogP contribution in [0, 0.1) is 0 Å². The van der Waals surface area contributed by atoms with Gasteiger partial charge in [-0.25, -0.2) is 0 Å². The van der Waals surface area contributed by atoms with Crippen LogP contribution in [-0.2, 0) is 0 Å². The maximum Gasteiger partial charge on any atom is 0.220 e. The predicted octanol–water partition coefficient (Wildman–Crippen LogP) is 3.42. The van der Waals surface area contributed by atoms with Gasteiger partial charge in [0, 0.05) is 10.0 Å². The predicted molar refractivity (Wildman–Crippen MR) is 88.4 cm³/mol. The number of carbonyl (C=O) groups excluding carboxylic acids is 1. The molecular weight excluding hydrogens is 348 g/mol. The lowest BCUT2D eigenvalue weighted by molar-refractivity contribution is 0.104. The SMILES string of the molecule is COc1ccccc1/C=C\C(=O)c1cc(Br)ccc(=O)c1O. The van der Waals surface area contributed by atoms with Gasteiger partial charge in [0.1, 0.15) is 5.75 Å². The van der Waals surface area contributed by atoms with Crippen LogP contribution in [-0.4, -0.2) is 18.0 Å². The van der Waals surface area contributed by atoms with Gasteiger partial charge in [0.05, 0.1) is 12.7 Å². The second kappa shape index (κ2) is 7.04. The number of ether oxygens (including phenoxy) is 1. The zero-order valence-corrected chi connectivity index (χ0v) is 13.3. The molecule has 0 fully saturated rings. The average molecular weight is 361 g/mol. The van der Waals surface area contributed by atoms with E-state index in [1.165, 1.54) is 24.3 Å². The van der Waals surface area contributed by atoms with E-state index in [9.17, 15) is 14.7 Å². The Morgan fingerprint density at radius 1 is 1.23 bits per heavy atom. The lowest BCUT2D eigenvalue weighted by Gasteiger charge is -2.03. The van der Waals surface area contributed by atoms with Gasteiger partial charge < -0.3 is 9.84 Å². The summed E-state index contributed by atoms with van der Waals surface area (Å²) in [5.41, 5.74) is 0.0484. The van der Waals surface area contributed by atoms with Gasteiger partial charge in [-0.3, -0.25) is 9.59 Å². The van der Waals surface area contributed by atoms with Crippen molar-refractivity contribution in [1.29, 1.82) is 0 Å². The fourth-order valence-electron chi connectivity index (χ4n) is 1.87. The van der Waals surface area contributed by atoms with E-state index >= 15 is 0 Å². The molecule has 1 N–H and O–H groups in total. The van der Waals surface area contributed by atoms with Gasteiger partial charge in [-0.1, -0.05) is 34.1 Å². The fraction of sp³-hybridized carbons (Fsp3) is 0.0588. The molecule has 2 aromatic carbocycles. The lowest BCUT2D eigenvalue weighted by Crippen LogP contribution is -2.01. The molecule has 0 heterocycles. The van der Waals surface area contributed by atoms with Crippen molar-refractivity contribution in [2.24, 2.45) is 0 Å². The van der Waals surface area contributed by atoms with Crippen LogP contribution in [0.5, 0.6) is 11.5 Å². The standard InChI is InChI=1S/C17H13BrO4/c1-22-16-5-3-2-4-11(16)6-8-14(19)13-10-12(18)7-9-15(20)17(13)21/h2-10H,1H3,(H,20,21)/b8-6-. The first-order valence-electron chi connectivity index (χ1n) is 6.41. The lowest BCUT2D eigenvalue weighted by atomic mass is 10.1. The summed E-state index contributed by atoms with van der Waals surface area (Å²) in [5.74, 6) is -0.419. The first-order chi connectivity index (χ1) is 10.5. The molecule has 0 aliphatic heterocycles. The van der Waals surface area contributed by atoms with Crippen LogP contribution in [0.1, 0.15) is 15.9 Å².